The van der Waals surface area contributed by atoms with Crippen molar-refractivity contribution in [1.29, 1.82) is 0 Å². The number of esters is 2. The highest BCUT2D eigenvalue weighted by Crippen LogP contribution is 2.35. The molecule has 0 radical (unpaired) electrons. The number of nitrogens with zero attached hydrogens (tertiary/aromatic N) is 3. The molecule has 2 aliphatic heterocycles. The summed E-state index contributed by atoms with van der Waals surface area (Å²) in [4.78, 5) is 42.2. The predicted octanol–water partition coefficient (Wildman–Crippen LogP) is 0.0830. The molecule has 1 aromatic rings. The summed E-state index contributed by atoms with van der Waals surface area (Å²) in [6, 6.07) is 0. The van der Waals surface area contributed by atoms with Crippen LogP contribution in [0.3, 0.4) is 0 Å². The molecule has 146 valence electrons. The molecule has 2 aliphatic rings. The Hall–Kier alpha value is -2.95. The molecule has 0 aliphatic carbocycles. The Balaban J connectivity index is 1.75. The largest absolute Gasteiger partial charge is 0.463 e. The molecule has 3 unspecified atom stereocenters. The van der Waals surface area contributed by atoms with E-state index in [4.69, 9.17) is 14.2 Å². The molecule has 1 aromatic heterocycles. The first-order chi connectivity index (χ1) is 12.8. The van der Waals surface area contributed by atoms with Crippen LogP contribution in [0.25, 0.3) is 0 Å². The molecule has 0 spiro atoms. The standard InChI is InChI=1S/C16H21N5O6/c1-8(22)19-16-17-5-11-15(20-16)21(7-18-11)14-4-12(26-10(3)24)13(27-14)6-25-9(2)23/h7,12-14H,4-6H2,1-3H3,(H2,17,19,20,22). The summed E-state index contributed by atoms with van der Waals surface area (Å²) in [7, 11) is 0. The zero-order valence-corrected chi connectivity index (χ0v) is 15.2. The molecule has 1 amide bonds. The van der Waals surface area contributed by atoms with Crippen molar-refractivity contribution in [2.24, 2.45) is 4.99 Å². The molecule has 11 heteroatoms. The summed E-state index contributed by atoms with van der Waals surface area (Å²) in [6.45, 7) is 4.29. The van der Waals surface area contributed by atoms with Gasteiger partial charge in [0.2, 0.25) is 11.9 Å². The minimum Gasteiger partial charge on any atom is -0.463 e. The minimum absolute atomic E-state index is 0.0211. The van der Waals surface area contributed by atoms with E-state index in [-0.39, 0.29) is 12.5 Å². The highest BCUT2D eigenvalue weighted by Gasteiger charge is 2.40. The monoisotopic (exact) mass is 379 g/mol. The highest BCUT2D eigenvalue weighted by atomic mass is 16.6. The summed E-state index contributed by atoms with van der Waals surface area (Å²) in [5.41, 5.74) is 0.695. The Morgan fingerprint density at radius 3 is 2.78 bits per heavy atom. The number of rotatable bonds is 4. The third-order valence-corrected chi connectivity index (χ3v) is 4.05. The number of carbonyl (C=O) groups is 3. The van der Waals surface area contributed by atoms with Gasteiger partial charge >= 0.3 is 11.9 Å². The summed E-state index contributed by atoms with van der Waals surface area (Å²) in [5.74, 6) is -0.176. The second kappa shape index (κ2) is 7.74. The van der Waals surface area contributed by atoms with Crippen molar-refractivity contribution in [3.63, 3.8) is 0 Å². The predicted molar refractivity (Wildman–Crippen MR) is 91.5 cm³/mol. The van der Waals surface area contributed by atoms with Gasteiger partial charge in [-0.1, -0.05) is 0 Å². The number of imidazole rings is 1. The first kappa shape index (κ1) is 18.8. The molecule has 0 bridgehead atoms. The lowest BCUT2D eigenvalue weighted by Gasteiger charge is -2.21. The molecule has 11 nitrogen and oxygen atoms in total. The van der Waals surface area contributed by atoms with Crippen LogP contribution in [0, 0.1) is 0 Å². The number of aromatic nitrogens is 2. The van der Waals surface area contributed by atoms with Gasteiger partial charge in [-0.05, 0) is 0 Å². The van der Waals surface area contributed by atoms with Crippen LogP contribution in [0.4, 0.5) is 5.82 Å². The lowest BCUT2D eigenvalue weighted by atomic mass is 10.2. The van der Waals surface area contributed by atoms with Gasteiger partial charge in [-0.15, -0.1) is 0 Å². The number of nitrogens with one attached hydrogen (secondary N) is 2. The van der Waals surface area contributed by atoms with Crippen LogP contribution in [0.5, 0.6) is 0 Å². The maximum absolute atomic E-state index is 11.4. The maximum atomic E-state index is 11.4. The molecule has 3 rings (SSSR count). The normalized spacial score (nSPS) is 23.7. The average molecular weight is 379 g/mol. The number of aliphatic imine (C=N–C) groups is 1. The maximum Gasteiger partial charge on any atom is 0.303 e. The van der Waals surface area contributed by atoms with Gasteiger partial charge in [0.15, 0.2) is 0 Å². The van der Waals surface area contributed by atoms with E-state index in [0.29, 0.717) is 30.4 Å². The Kier molecular flexibility index (Phi) is 5.40. The van der Waals surface area contributed by atoms with Crippen LogP contribution < -0.4 is 10.6 Å². The Labute approximate surface area is 155 Å². The summed E-state index contributed by atoms with van der Waals surface area (Å²) in [5, 5.41) is 5.62. The van der Waals surface area contributed by atoms with Crippen molar-refractivity contribution in [3.05, 3.63) is 12.0 Å². The minimum atomic E-state index is -0.590. The SMILES string of the molecule is CC(=O)NC1=NCc2ncn(C3CC(OC(C)=O)C(COC(C)=O)O3)c2N1. The van der Waals surface area contributed by atoms with Crippen molar-refractivity contribution in [3.8, 4) is 0 Å². The van der Waals surface area contributed by atoms with Gasteiger partial charge < -0.3 is 19.5 Å². The number of anilines is 1. The van der Waals surface area contributed by atoms with Crippen LogP contribution in [0.1, 0.15) is 39.1 Å². The molecular formula is C16H21N5O6. The first-order valence-corrected chi connectivity index (χ1v) is 8.44. The van der Waals surface area contributed by atoms with E-state index in [1.807, 2.05) is 0 Å². The topological polar surface area (TPSA) is 133 Å². The van der Waals surface area contributed by atoms with Gasteiger partial charge in [0.25, 0.3) is 0 Å². The first-order valence-electron chi connectivity index (χ1n) is 8.44. The molecule has 0 aromatic carbocycles. The van der Waals surface area contributed by atoms with Gasteiger partial charge in [0.1, 0.15) is 36.6 Å². The van der Waals surface area contributed by atoms with Crippen LogP contribution >= 0.6 is 0 Å². The number of ether oxygens (including phenoxy) is 3. The van der Waals surface area contributed by atoms with Crippen molar-refractivity contribution in [1.82, 2.24) is 14.9 Å². The van der Waals surface area contributed by atoms with Crippen LogP contribution in [0.2, 0.25) is 0 Å². The van der Waals surface area contributed by atoms with Gasteiger partial charge in [-0.25, -0.2) is 9.98 Å². The van der Waals surface area contributed by atoms with E-state index in [1.54, 1.807) is 10.9 Å². The van der Waals surface area contributed by atoms with E-state index in [0.717, 1.165) is 0 Å². The highest BCUT2D eigenvalue weighted by molar-refractivity contribution is 6.04. The van der Waals surface area contributed by atoms with Gasteiger partial charge in [0.05, 0.1) is 12.9 Å². The number of guanidine groups is 1. The van der Waals surface area contributed by atoms with Crippen LogP contribution in [0.15, 0.2) is 11.3 Å². The third kappa shape index (κ3) is 4.42. The van der Waals surface area contributed by atoms with E-state index in [2.05, 4.69) is 20.6 Å². The average Bonchev–Trinajstić information content (AvgIpc) is 3.15. The zero-order chi connectivity index (χ0) is 19.6. The van der Waals surface area contributed by atoms with E-state index < -0.39 is 30.4 Å². The number of amides is 1. The number of carbonyl (C=O) groups excluding carboxylic acids is 3. The Bertz CT molecular complexity index is 788. The van der Waals surface area contributed by atoms with Crippen LogP contribution in [-0.2, 0) is 35.1 Å². The van der Waals surface area contributed by atoms with E-state index in [1.165, 1.54) is 20.8 Å². The second-order valence-corrected chi connectivity index (χ2v) is 6.23. The Morgan fingerprint density at radius 2 is 2.11 bits per heavy atom. The smallest absolute Gasteiger partial charge is 0.303 e. The van der Waals surface area contributed by atoms with Crippen LogP contribution in [-0.4, -0.2) is 52.2 Å². The summed E-state index contributed by atoms with van der Waals surface area (Å²) >= 11 is 0. The van der Waals surface area contributed by atoms with Gasteiger partial charge in [0, 0.05) is 27.2 Å². The van der Waals surface area contributed by atoms with Gasteiger partial charge in [-0.3, -0.25) is 24.3 Å². The fourth-order valence-electron chi connectivity index (χ4n) is 2.97. The zero-order valence-electron chi connectivity index (χ0n) is 15.2. The molecular weight excluding hydrogens is 358 g/mol. The summed E-state index contributed by atoms with van der Waals surface area (Å²) in [6.07, 6.45) is 0.316. The lowest BCUT2D eigenvalue weighted by Crippen LogP contribution is -2.37. The molecule has 1 fully saturated rings. The quantitative estimate of drug-likeness (QED) is 0.703. The van der Waals surface area contributed by atoms with Crippen molar-refractivity contribution in [2.75, 3.05) is 11.9 Å². The Morgan fingerprint density at radius 1 is 1.33 bits per heavy atom. The van der Waals surface area contributed by atoms with Gasteiger partial charge in [-0.2, -0.15) is 0 Å². The second-order valence-electron chi connectivity index (χ2n) is 6.23. The number of fused-ring (bicyclic) bond motifs is 1. The molecule has 3 atom stereocenters. The fourth-order valence-corrected chi connectivity index (χ4v) is 2.97. The van der Waals surface area contributed by atoms with Crippen molar-refractivity contribution in [2.45, 2.75) is 52.2 Å². The molecule has 2 N–H and O–H groups in total. The molecule has 27 heavy (non-hydrogen) atoms. The lowest BCUT2D eigenvalue weighted by molar-refractivity contribution is -0.155. The third-order valence-electron chi connectivity index (χ3n) is 4.05. The number of hydrogen-bond donors (Lipinski definition) is 2. The fraction of sp³-hybridized carbons (Fsp3) is 0.562. The molecule has 1 saturated heterocycles. The molecule has 0 saturated carbocycles. The molecule has 3 heterocycles. The van der Waals surface area contributed by atoms with E-state index >= 15 is 0 Å². The van der Waals surface area contributed by atoms with Crippen molar-refractivity contribution >= 4 is 29.6 Å². The summed E-state index contributed by atoms with van der Waals surface area (Å²) < 4.78 is 18.0. The van der Waals surface area contributed by atoms with Crippen molar-refractivity contribution < 1.29 is 28.6 Å². The van der Waals surface area contributed by atoms with E-state index in [9.17, 15) is 14.4 Å². The number of hydrogen-bond acceptors (Lipinski definition) is 9.